The van der Waals surface area contributed by atoms with E-state index in [9.17, 15) is 14.7 Å². The number of aromatic hydroxyl groups is 1. The van der Waals surface area contributed by atoms with Crippen LogP contribution in [0.15, 0.2) is 48.5 Å². The van der Waals surface area contributed by atoms with Gasteiger partial charge in [-0.25, -0.2) is 9.59 Å². The Morgan fingerprint density at radius 2 is 1.02 bits per heavy atom. The highest BCUT2D eigenvalue weighted by Gasteiger charge is 2.53. The molecule has 6 fully saturated rings. The fourth-order valence-electron chi connectivity index (χ4n) is 11.0. The van der Waals surface area contributed by atoms with Crippen LogP contribution in [-0.2, 0) is 9.47 Å². The lowest BCUT2D eigenvalue weighted by molar-refractivity contribution is -0.0351. The zero-order chi connectivity index (χ0) is 40.6. The highest BCUT2D eigenvalue weighted by atomic mass is 16.6. The van der Waals surface area contributed by atoms with Gasteiger partial charge in [0, 0.05) is 49.1 Å². The van der Waals surface area contributed by atoms with Crippen LogP contribution in [0.5, 0.6) is 11.5 Å². The minimum Gasteiger partial charge on any atom is -0.508 e. The second kappa shape index (κ2) is 16.6. The first-order chi connectivity index (χ1) is 27.0. The maximum atomic E-state index is 12.3. The van der Waals surface area contributed by atoms with Crippen LogP contribution < -0.4 is 4.74 Å². The van der Waals surface area contributed by atoms with Crippen molar-refractivity contribution in [2.45, 2.75) is 141 Å². The highest BCUT2D eigenvalue weighted by molar-refractivity contribution is 5.70. The van der Waals surface area contributed by atoms with Crippen molar-refractivity contribution in [1.29, 1.82) is 0 Å². The molecule has 314 valence electrons. The number of amides is 2. The number of hydrogen-bond acceptors (Lipinski definition) is 8. The van der Waals surface area contributed by atoms with Gasteiger partial charge in [0.25, 0.3) is 0 Å². The Bertz CT molecular complexity index is 1690. The number of hydrogen-bond donors (Lipinski definition) is 1. The summed E-state index contributed by atoms with van der Waals surface area (Å²) >= 11 is 0. The molecule has 10 nitrogen and oxygen atoms in total. The van der Waals surface area contributed by atoms with Gasteiger partial charge in [0.15, 0.2) is 0 Å². The number of carbonyl (C=O) groups is 2. The molecule has 2 amide bonds. The summed E-state index contributed by atoms with van der Waals surface area (Å²) in [5.41, 5.74) is 2.29. The Labute approximate surface area is 342 Å². The summed E-state index contributed by atoms with van der Waals surface area (Å²) in [6, 6.07) is 17.6. The molecular formula is C47H70N4O6. The predicted molar refractivity (Wildman–Crippen MR) is 224 cm³/mol. The Kier molecular flexibility index (Phi) is 12.2. The molecule has 2 aliphatic carbocycles. The van der Waals surface area contributed by atoms with Gasteiger partial charge in [0.05, 0.1) is 7.11 Å². The monoisotopic (exact) mass is 787 g/mol. The third kappa shape index (κ3) is 9.86. The van der Waals surface area contributed by atoms with Gasteiger partial charge in [0.2, 0.25) is 0 Å². The number of para-hydroxylation sites is 2. The van der Waals surface area contributed by atoms with E-state index in [1.165, 1.54) is 70.0 Å². The molecule has 0 unspecified atom stereocenters. The predicted octanol–water partition coefficient (Wildman–Crippen LogP) is 9.03. The van der Waals surface area contributed by atoms with Crippen LogP contribution in [0.4, 0.5) is 9.59 Å². The van der Waals surface area contributed by atoms with Gasteiger partial charge in [-0.2, -0.15) is 0 Å². The van der Waals surface area contributed by atoms with E-state index in [1.54, 1.807) is 13.2 Å². The van der Waals surface area contributed by atoms with Gasteiger partial charge >= 0.3 is 12.2 Å². The van der Waals surface area contributed by atoms with Crippen molar-refractivity contribution in [3.05, 3.63) is 59.7 Å². The standard InChI is InChI=1S/C24H36N2O3.C23H34N2O3/c1-23(2,3)29-22(27)26-16-24(17-26)12-9-19(15-24)25-13-10-18(11-14-25)20-7-5-6-8-21(20)28-4;1-22(2,3)28-21(27)25-15-23(16-25)11-8-18(14-23)24-12-9-17(10-13-24)19-6-4-5-7-20(19)26/h5-8,18-19H,9-17H2,1-4H3;4-7,17-18,26H,8-16H2,1-3H3/t19-;18-/m11/s1. The fourth-order valence-corrected chi connectivity index (χ4v) is 11.0. The molecule has 2 atom stereocenters. The zero-order valence-electron chi connectivity index (χ0n) is 35.9. The highest BCUT2D eigenvalue weighted by Crippen LogP contribution is 2.50. The Morgan fingerprint density at radius 1 is 0.614 bits per heavy atom. The fraction of sp³-hybridized carbons (Fsp3) is 0.702. The Hall–Kier alpha value is -3.50. The van der Waals surface area contributed by atoms with E-state index in [2.05, 4.69) is 40.1 Å². The molecule has 8 rings (SSSR count). The summed E-state index contributed by atoms with van der Waals surface area (Å²) in [6.45, 7) is 19.6. The second-order valence-electron chi connectivity index (χ2n) is 20.4. The van der Waals surface area contributed by atoms with Gasteiger partial charge < -0.3 is 38.9 Å². The molecule has 2 aromatic carbocycles. The number of phenolic OH excluding ortho intramolecular Hbond substituents is 1. The average molecular weight is 787 g/mol. The van der Waals surface area contributed by atoms with Crippen LogP contribution in [0, 0.1) is 10.8 Å². The number of carbonyl (C=O) groups excluding carboxylic acids is 2. The minimum atomic E-state index is -0.421. The second-order valence-corrected chi connectivity index (χ2v) is 20.4. The van der Waals surface area contributed by atoms with Gasteiger partial charge in [-0.05, 0) is 167 Å². The lowest BCUT2D eigenvalue weighted by atomic mass is 9.78. The number of phenols is 1. The van der Waals surface area contributed by atoms with Crippen molar-refractivity contribution in [2.24, 2.45) is 10.8 Å². The normalized spacial score (nSPS) is 25.4. The molecular weight excluding hydrogens is 717 g/mol. The quantitative estimate of drug-likeness (QED) is 0.321. The molecule has 0 radical (unpaired) electrons. The topological polar surface area (TPSA) is 95.0 Å². The first kappa shape index (κ1) is 41.7. The van der Waals surface area contributed by atoms with E-state index < -0.39 is 11.2 Å². The van der Waals surface area contributed by atoms with Crippen LogP contribution in [0.25, 0.3) is 0 Å². The van der Waals surface area contributed by atoms with Crippen molar-refractivity contribution in [3.8, 4) is 11.5 Å². The van der Waals surface area contributed by atoms with Gasteiger partial charge in [-0.3, -0.25) is 0 Å². The van der Waals surface area contributed by atoms with Gasteiger partial charge in [-0.1, -0.05) is 36.4 Å². The van der Waals surface area contributed by atoms with E-state index in [0.717, 1.165) is 63.4 Å². The van der Waals surface area contributed by atoms with E-state index in [4.69, 9.17) is 14.2 Å². The molecule has 0 aromatic heterocycles. The van der Waals surface area contributed by atoms with Crippen molar-refractivity contribution in [1.82, 2.24) is 19.6 Å². The van der Waals surface area contributed by atoms with Crippen LogP contribution >= 0.6 is 0 Å². The van der Waals surface area contributed by atoms with Crippen molar-refractivity contribution in [3.63, 3.8) is 0 Å². The number of nitrogens with zero attached hydrogens (tertiary/aromatic N) is 4. The molecule has 4 heterocycles. The molecule has 0 bridgehead atoms. The van der Waals surface area contributed by atoms with Crippen LogP contribution in [-0.4, -0.2) is 120 Å². The minimum absolute atomic E-state index is 0.149. The Morgan fingerprint density at radius 3 is 1.44 bits per heavy atom. The van der Waals surface area contributed by atoms with E-state index in [1.807, 2.05) is 63.5 Å². The molecule has 57 heavy (non-hydrogen) atoms. The first-order valence-electron chi connectivity index (χ1n) is 21.9. The number of piperidine rings is 2. The lowest BCUT2D eigenvalue weighted by Crippen LogP contribution is -2.58. The molecule has 2 saturated carbocycles. The molecule has 4 aliphatic heterocycles. The third-order valence-corrected chi connectivity index (χ3v) is 13.8. The van der Waals surface area contributed by atoms with Crippen molar-refractivity contribution < 1.29 is 28.9 Å². The van der Waals surface area contributed by atoms with E-state index in [0.29, 0.717) is 40.5 Å². The zero-order valence-corrected chi connectivity index (χ0v) is 35.9. The van der Waals surface area contributed by atoms with Crippen LogP contribution in [0.1, 0.15) is 129 Å². The Balaban J connectivity index is 0.000000174. The van der Waals surface area contributed by atoms with Crippen LogP contribution in [0.2, 0.25) is 0 Å². The van der Waals surface area contributed by atoms with Crippen molar-refractivity contribution >= 4 is 12.2 Å². The molecule has 2 spiro atoms. The van der Waals surface area contributed by atoms with E-state index >= 15 is 0 Å². The number of rotatable bonds is 5. The summed E-state index contributed by atoms with van der Waals surface area (Å²) in [5, 5.41) is 10.1. The maximum absolute atomic E-state index is 12.3. The average Bonchev–Trinajstić information content (AvgIpc) is 3.80. The van der Waals surface area contributed by atoms with Crippen LogP contribution in [0.3, 0.4) is 0 Å². The number of ether oxygens (including phenoxy) is 3. The lowest BCUT2D eigenvalue weighted by Gasteiger charge is -2.48. The summed E-state index contributed by atoms with van der Waals surface area (Å²) in [5.74, 6) is 2.54. The third-order valence-electron chi connectivity index (χ3n) is 13.8. The maximum Gasteiger partial charge on any atom is 0.410 e. The summed E-state index contributed by atoms with van der Waals surface area (Å²) in [6.07, 6.45) is 11.7. The summed E-state index contributed by atoms with van der Waals surface area (Å²) in [7, 11) is 1.77. The first-order valence-corrected chi connectivity index (χ1v) is 21.9. The SMILES string of the molecule is CC(C)(C)OC(=O)N1CC2(CC[C@@H](N3CCC(c4ccccc4O)CC3)C2)C1.COc1ccccc1C1CCN([C@@H]2CCC3(C2)CN(C(=O)OC(C)(C)C)C3)CC1. The molecule has 2 aromatic rings. The smallest absolute Gasteiger partial charge is 0.410 e. The van der Waals surface area contributed by atoms with Gasteiger partial charge in [0.1, 0.15) is 22.7 Å². The molecule has 10 heteroatoms. The number of methoxy groups -OCH3 is 1. The molecule has 6 aliphatic rings. The molecule has 4 saturated heterocycles. The van der Waals surface area contributed by atoms with Crippen molar-refractivity contribution in [2.75, 3.05) is 59.5 Å². The number of likely N-dealkylation sites (tertiary alicyclic amines) is 4. The molecule has 1 N–H and O–H groups in total. The summed E-state index contributed by atoms with van der Waals surface area (Å²) < 4.78 is 16.6. The largest absolute Gasteiger partial charge is 0.508 e. The van der Waals surface area contributed by atoms with E-state index in [-0.39, 0.29) is 12.2 Å². The van der Waals surface area contributed by atoms with Gasteiger partial charge in [-0.15, -0.1) is 0 Å². The summed E-state index contributed by atoms with van der Waals surface area (Å²) in [4.78, 5) is 33.6. The number of benzene rings is 2.